The molecule has 6 aliphatic carbocycles. The number of esters is 1. The summed E-state index contributed by atoms with van der Waals surface area (Å²) >= 11 is 0. The lowest BCUT2D eigenvalue weighted by Gasteiger charge is -2.74. The van der Waals surface area contributed by atoms with Crippen molar-refractivity contribution in [1.82, 2.24) is 19.9 Å². The molecule has 1 N–H and O–H groups in total. The van der Waals surface area contributed by atoms with E-state index in [9.17, 15) is 4.79 Å². The van der Waals surface area contributed by atoms with Crippen LogP contribution >= 0.6 is 0 Å². The third-order valence-electron chi connectivity index (χ3n) is 18.4. The molecule has 3 heterocycles. The minimum atomic E-state index is -0.422. The second-order valence-corrected chi connectivity index (χ2v) is 20.4. The lowest BCUT2D eigenvalue weighted by molar-refractivity contribution is -0.267. The molecule has 10 unspecified atom stereocenters. The Balaban J connectivity index is 1.09. The summed E-state index contributed by atoms with van der Waals surface area (Å²) < 4.78 is 5.78. The summed E-state index contributed by atoms with van der Waals surface area (Å²) in [6.45, 7) is 17.9. The van der Waals surface area contributed by atoms with Crippen LogP contribution in [0.1, 0.15) is 144 Å². The lowest BCUT2D eigenvalue weighted by Crippen LogP contribution is -2.73. The average Bonchev–Trinajstić information content (AvgIpc) is 3.49. The molecule has 7 fully saturated rings. The zero-order valence-electron chi connectivity index (χ0n) is 33.0. The lowest BCUT2D eigenvalue weighted by atomic mass is 9.29. The number of aromatic amines is 1. The minimum absolute atomic E-state index is 0.00464. The molecule has 9 rings (SSSR count). The standard InChI is InChI=1S/C45H64N4O3/c1-27(50)52-30-13-15-31-28(24-30)12-14-33-32(31)16-17-34-38(33)41(2,3)42(4,5)45(19-18-37(44(34,45)7)43(6)20-21-43)40(51)49-23-9-11-36(49)39-47-26-35(48-39)29-10-8-22-46-25-29/h8,10,22,25-26,28,30-34,36-38H,9,11-21,23-24H2,1-7H3,(H,47,48)/t28?,30?,31?,32?,33?,34?,36-,37?,38?,44?,45?/m0/s1. The Morgan fingerprint density at radius 2 is 1.65 bits per heavy atom. The van der Waals surface area contributed by atoms with Crippen LogP contribution in [0.4, 0.5) is 0 Å². The molecule has 6 saturated carbocycles. The first-order valence-electron chi connectivity index (χ1n) is 21.2. The Hall–Kier alpha value is -2.70. The largest absolute Gasteiger partial charge is 0.463 e. The van der Waals surface area contributed by atoms with E-state index in [-0.39, 0.29) is 34.4 Å². The molecule has 1 aliphatic heterocycles. The number of likely N-dealkylation sites (tertiary alicyclic amines) is 1. The number of carbonyl (C=O) groups excluding carboxylic acids is 2. The van der Waals surface area contributed by atoms with Gasteiger partial charge in [-0.15, -0.1) is 0 Å². The molecule has 282 valence electrons. The van der Waals surface area contributed by atoms with Crippen LogP contribution in [0.3, 0.4) is 0 Å². The fourth-order valence-electron chi connectivity index (χ4n) is 15.5. The molecular formula is C45H64N4O3. The summed E-state index contributed by atoms with van der Waals surface area (Å²) in [6.07, 6.45) is 21.0. The minimum Gasteiger partial charge on any atom is -0.463 e. The maximum Gasteiger partial charge on any atom is 0.302 e. The number of nitrogens with one attached hydrogen (secondary N) is 1. The number of pyridine rings is 1. The second-order valence-electron chi connectivity index (χ2n) is 20.4. The van der Waals surface area contributed by atoms with E-state index in [1.165, 1.54) is 51.4 Å². The number of hydrogen-bond donors (Lipinski definition) is 1. The maximum absolute atomic E-state index is 16.2. The van der Waals surface area contributed by atoms with Crippen LogP contribution in [0, 0.1) is 68.5 Å². The van der Waals surface area contributed by atoms with Gasteiger partial charge in [0.25, 0.3) is 0 Å². The molecule has 52 heavy (non-hydrogen) atoms. The number of H-pyrrole nitrogens is 1. The number of amides is 1. The van der Waals surface area contributed by atoms with Crippen molar-refractivity contribution < 1.29 is 14.3 Å². The predicted octanol–water partition coefficient (Wildman–Crippen LogP) is 9.80. The third-order valence-corrected chi connectivity index (χ3v) is 18.4. The SMILES string of the molecule is CC(=O)OC1CCC2C(CCC3C2CCC2C3C(C)(C)C(C)(C)C3(C(=O)N4CCC[C@H]4c4ncc(-c5cccnc5)[nH]4)CCC(C4(C)CC4)C23C)C1. The Labute approximate surface area is 312 Å². The van der Waals surface area contributed by atoms with Crippen molar-refractivity contribution in [2.24, 2.45) is 68.5 Å². The maximum atomic E-state index is 16.2. The van der Waals surface area contributed by atoms with Gasteiger partial charge in [0.1, 0.15) is 11.9 Å². The summed E-state index contributed by atoms with van der Waals surface area (Å²) in [4.78, 5) is 43.3. The van der Waals surface area contributed by atoms with E-state index in [1.54, 1.807) is 13.1 Å². The van der Waals surface area contributed by atoms with Gasteiger partial charge in [0, 0.05) is 31.4 Å². The molecule has 11 atom stereocenters. The zero-order chi connectivity index (χ0) is 36.4. The highest BCUT2D eigenvalue weighted by atomic mass is 16.5. The number of nitrogens with zero attached hydrogens (tertiary/aromatic N) is 3. The predicted molar refractivity (Wildman–Crippen MR) is 202 cm³/mol. The third kappa shape index (κ3) is 4.67. The highest BCUT2D eigenvalue weighted by Gasteiger charge is 2.81. The second kappa shape index (κ2) is 11.9. The van der Waals surface area contributed by atoms with Gasteiger partial charge in [-0.05, 0) is 159 Å². The van der Waals surface area contributed by atoms with Crippen LogP contribution in [-0.2, 0) is 14.3 Å². The molecule has 0 aromatic carbocycles. The Morgan fingerprint density at radius 3 is 2.38 bits per heavy atom. The monoisotopic (exact) mass is 708 g/mol. The van der Waals surface area contributed by atoms with Gasteiger partial charge in [0.15, 0.2) is 0 Å². The van der Waals surface area contributed by atoms with Gasteiger partial charge in [-0.2, -0.15) is 0 Å². The van der Waals surface area contributed by atoms with Crippen molar-refractivity contribution in [3.8, 4) is 11.3 Å². The normalized spacial score (nSPS) is 42.4. The van der Waals surface area contributed by atoms with Crippen molar-refractivity contribution in [3.63, 3.8) is 0 Å². The molecule has 2 aromatic heterocycles. The molecular weight excluding hydrogens is 645 g/mol. The smallest absolute Gasteiger partial charge is 0.302 e. The fourth-order valence-corrected chi connectivity index (χ4v) is 15.5. The quantitative estimate of drug-likeness (QED) is 0.313. The van der Waals surface area contributed by atoms with Gasteiger partial charge in [0.2, 0.25) is 5.91 Å². The number of imidazole rings is 1. The van der Waals surface area contributed by atoms with Crippen molar-refractivity contribution in [2.75, 3.05) is 6.54 Å². The average molecular weight is 709 g/mol. The molecule has 0 spiro atoms. The molecule has 7 aliphatic rings. The molecule has 7 nitrogen and oxygen atoms in total. The number of ether oxygens (including phenoxy) is 1. The van der Waals surface area contributed by atoms with Crippen molar-refractivity contribution in [2.45, 2.75) is 144 Å². The Kier molecular flexibility index (Phi) is 8.02. The highest BCUT2D eigenvalue weighted by molar-refractivity contribution is 5.86. The van der Waals surface area contributed by atoms with Crippen LogP contribution in [0.15, 0.2) is 30.7 Å². The first-order chi connectivity index (χ1) is 24.7. The molecule has 0 bridgehead atoms. The number of fused-ring (bicyclic) bond motifs is 7. The summed E-state index contributed by atoms with van der Waals surface area (Å²) in [5.41, 5.74) is 1.70. The first-order valence-corrected chi connectivity index (χ1v) is 21.2. The summed E-state index contributed by atoms with van der Waals surface area (Å²) in [5, 5.41) is 0. The van der Waals surface area contributed by atoms with Crippen molar-refractivity contribution in [3.05, 3.63) is 36.5 Å². The van der Waals surface area contributed by atoms with Crippen molar-refractivity contribution >= 4 is 11.9 Å². The molecule has 1 saturated heterocycles. The molecule has 7 heteroatoms. The fraction of sp³-hybridized carbons (Fsp3) is 0.778. The summed E-state index contributed by atoms with van der Waals surface area (Å²) in [5.74, 6) is 5.91. The van der Waals surface area contributed by atoms with E-state index in [1.807, 2.05) is 18.5 Å². The van der Waals surface area contributed by atoms with Gasteiger partial charge in [-0.25, -0.2) is 4.98 Å². The Bertz CT molecular complexity index is 1710. The van der Waals surface area contributed by atoms with Crippen LogP contribution in [-0.4, -0.2) is 44.4 Å². The van der Waals surface area contributed by atoms with Crippen LogP contribution in [0.5, 0.6) is 0 Å². The summed E-state index contributed by atoms with van der Waals surface area (Å²) in [7, 11) is 0. The van der Waals surface area contributed by atoms with Crippen molar-refractivity contribution in [1.29, 1.82) is 0 Å². The van der Waals surface area contributed by atoms with E-state index in [4.69, 9.17) is 9.72 Å². The summed E-state index contributed by atoms with van der Waals surface area (Å²) in [6, 6.07) is 4.02. The topological polar surface area (TPSA) is 88.2 Å². The Morgan fingerprint density at radius 1 is 0.885 bits per heavy atom. The van der Waals surface area contributed by atoms with E-state index >= 15 is 4.79 Å². The van der Waals surface area contributed by atoms with E-state index in [2.05, 4.69) is 62.5 Å². The van der Waals surface area contributed by atoms with Gasteiger partial charge in [-0.3, -0.25) is 14.6 Å². The number of carbonyl (C=O) groups is 2. The zero-order valence-corrected chi connectivity index (χ0v) is 33.0. The van der Waals surface area contributed by atoms with Crippen LogP contribution < -0.4 is 0 Å². The first kappa shape index (κ1) is 35.0. The molecule has 0 radical (unpaired) electrons. The number of hydrogen-bond acceptors (Lipinski definition) is 5. The van der Waals surface area contributed by atoms with Gasteiger partial charge in [0.05, 0.1) is 23.3 Å². The van der Waals surface area contributed by atoms with Crippen LogP contribution in [0.25, 0.3) is 11.3 Å². The van der Waals surface area contributed by atoms with E-state index < -0.39 is 5.41 Å². The van der Waals surface area contributed by atoms with Gasteiger partial charge < -0.3 is 14.6 Å². The highest BCUT2D eigenvalue weighted by Crippen LogP contribution is 2.84. The van der Waals surface area contributed by atoms with E-state index in [0.717, 1.165) is 67.6 Å². The van der Waals surface area contributed by atoms with Crippen LogP contribution in [0.2, 0.25) is 0 Å². The van der Waals surface area contributed by atoms with Gasteiger partial charge in [-0.1, -0.05) is 41.5 Å². The van der Waals surface area contributed by atoms with E-state index in [0.29, 0.717) is 40.9 Å². The number of aromatic nitrogens is 3. The molecule has 1 amide bonds. The van der Waals surface area contributed by atoms with Gasteiger partial charge >= 0.3 is 5.97 Å². The number of rotatable bonds is 5. The molecule has 2 aromatic rings.